The molecule has 0 saturated carbocycles. The van der Waals surface area contributed by atoms with Crippen molar-refractivity contribution < 1.29 is 0 Å². The van der Waals surface area contributed by atoms with Gasteiger partial charge in [0, 0.05) is 37.2 Å². The van der Waals surface area contributed by atoms with E-state index in [0.717, 1.165) is 6.54 Å². The number of hydrogen-bond acceptors (Lipinski definition) is 3. The summed E-state index contributed by atoms with van der Waals surface area (Å²) in [5.74, 6) is 0. The minimum atomic E-state index is 0.692. The molecule has 1 aromatic rings. The van der Waals surface area contributed by atoms with E-state index in [2.05, 4.69) is 34.4 Å². The molecule has 15 heavy (non-hydrogen) atoms. The molecule has 1 aliphatic rings. The van der Waals surface area contributed by atoms with Gasteiger partial charge in [-0.15, -0.1) is 0 Å². The van der Waals surface area contributed by atoms with Crippen molar-refractivity contribution in [3.63, 3.8) is 0 Å². The third-order valence-electron chi connectivity index (χ3n) is 3.16. The lowest BCUT2D eigenvalue weighted by Gasteiger charge is -2.22. The molecule has 1 aromatic heterocycles. The van der Waals surface area contributed by atoms with Crippen molar-refractivity contribution in [1.29, 1.82) is 0 Å². The summed E-state index contributed by atoms with van der Waals surface area (Å²) in [5, 5.41) is 3.38. The molecule has 1 atom stereocenters. The Morgan fingerprint density at radius 2 is 2.07 bits per heavy atom. The third-order valence-corrected chi connectivity index (χ3v) is 3.16. The molecular weight excluding hydrogens is 186 g/mol. The lowest BCUT2D eigenvalue weighted by Crippen LogP contribution is -2.28. The quantitative estimate of drug-likeness (QED) is 0.796. The van der Waals surface area contributed by atoms with Crippen LogP contribution < -0.4 is 10.2 Å². The minimum Gasteiger partial charge on any atom is -0.371 e. The Labute approximate surface area is 91.5 Å². The van der Waals surface area contributed by atoms with Crippen LogP contribution >= 0.6 is 0 Å². The van der Waals surface area contributed by atoms with E-state index in [9.17, 15) is 0 Å². The van der Waals surface area contributed by atoms with Gasteiger partial charge in [-0.3, -0.25) is 4.98 Å². The largest absolute Gasteiger partial charge is 0.371 e. The smallest absolute Gasteiger partial charge is 0.0397 e. The van der Waals surface area contributed by atoms with Gasteiger partial charge in [0.15, 0.2) is 0 Å². The van der Waals surface area contributed by atoms with Crippen molar-refractivity contribution in [2.24, 2.45) is 0 Å². The predicted molar refractivity (Wildman–Crippen MR) is 63.1 cm³/mol. The molecule has 1 fully saturated rings. The molecule has 0 aliphatic carbocycles. The van der Waals surface area contributed by atoms with Gasteiger partial charge in [-0.1, -0.05) is 0 Å². The van der Waals surface area contributed by atoms with Gasteiger partial charge in [0.25, 0.3) is 0 Å². The van der Waals surface area contributed by atoms with Crippen LogP contribution in [0.15, 0.2) is 24.5 Å². The van der Waals surface area contributed by atoms with Crippen molar-refractivity contribution >= 4 is 5.69 Å². The maximum absolute atomic E-state index is 4.06. The number of nitrogens with zero attached hydrogens (tertiary/aromatic N) is 2. The van der Waals surface area contributed by atoms with Crippen LogP contribution in [0.1, 0.15) is 19.3 Å². The van der Waals surface area contributed by atoms with Crippen LogP contribution in [0.3, 0.4) is 0 Å². The molecule has 3 heteroatoms. The van der Waals surface area contributed by atoms with Crippen LogP contribution in [-0.4, -0.2) is 31.2 Å². The molecule has 1 saturated heterocycles. The Morgan fingerprint density at radius 1 is 1.27 bits per heavy atom. The van der Waals surface area contributed by atoms with Gasteiger partial charge in [-0.25, -0.2) is 0 Å². The molecule has 2 heterocycles. The highest BCUT2D eigenvalue weighted by atomic mass is 15.1. The van der Waals surface area contributed by atoms with Crippen molar-refractivity contribution in [2.45, 2.75) is 25.3 Å². The van der Waals surface area contributed by atoms with Gasteiger partial charge in [0.2, 0.25) is 0 Å². The van der Waals surface area contributed by atoms with E-state index in [1.165, 1.54) is 31.5 Å². The summed E-state index contributed by atoms with van der Waals surface area (Å²) in [4.78, 5) is 6.51. The van der Waals surface area contributed by atoms with Crippen LogP contribution in [0, 0.1) is 0 Å². The second-order valence-corrected chi connectivity index (χ2v) is 4.11. The molecule has 0 aromatic carbocycles. The summed E-state index contributed by atoms with van der Waals surface area (Å²) in [5.41, 5.74) is 1.31. The van der Waals surface area contributed by atoms with E-state index < -0.39 is 0 Å². The molecule has 1 N–H and O–H groups in total. The lowest BCUT2D eigenvalue weighted by molar-refractivity contribution is 0.512. The van der Waals surface area contributed by atoms with Gasteiger partial charge < -0.3 is 10.2 Å². The van der Waals surface area contributed by atoms with Crippen LogP contribution in [0.2, 0.25) is 0 Å². The topological polar surface area (TPSA) is 28.2 Å². The molecule has 82 valence electrons. The average Bonchev–Trinajstić information content (AvgIpc) is 2.55. The van der Waals surface area contributed by atoms with E-state index in [0.29, 0.717) is 6.04 Å². The van der Waals surface area contributed by atoms with E-state index in [4.69, 9.17) is 0 Å². The van der Waals surface area contributed by atoms with Gasteiger partial charge >= 0.3 is 0 Å². The fraction of sp³-hybridized carbons (Fsp3) is 0.583. The zero-order valence-corrected chi connectivity index (χ0v) is 9.32. The Bertz CT molecular complexity index is 286. The fourth-order valence-electron chi connectivity index (χ4n) is 2.20. The number of rotatable bonds is 2. The van der Waals surface area contributed by atoms with Crippen molar-refractivity contribution in [1.82, 2.24) is 10.3 Å². The first-order valence-corrected chi connectivity index (χ1v) is 5.72. The number of nitrogens with one attached hydrogen (secondary N) is 1. The molecule has 3 nitrogen and oxygen atoms in total. The number of aromatic nitrogens is 1. The average molecular weight is 205 g/mol. The summed E-state index contributed by atoms with van der Waals surface area (Å²) >= 11 is 0. The second-order valence-electron chi connectivity index (χ2n) is 4.11. The van der Waals surface area contributed by atoms with Crippen LogP contribution in [-0.2, 0) is 0 Å². The van der Waals surface area contributed by atoms with Gasteiger partial charge in [-0.05, 0) is 38.4 Å². The van der Waals surface area contributed by atoms with Gasteiger partial charge in [-0.2, -0.15) is 0 Å². The molecule has 1 unspecified atom stereocenters. The third kappa shape index (κ3) is 2.69. The molecule has 1 aliphatic heterocycles. The Balaban J connectivity index is 2.00. The van der Waals surface area contributed by atoms with Gasteiger partial charge in [0.05, 0.1) is 0 Å². The SMILES string of the molecule is CNC1CCCN(c2ccncc2)CC1. The maximum Gasteiger partial charge on any atom is 0.0397 e. The first kappa shape index (κ1) is 10.4. The van der Waals surface area contributed by atoms with Gasteiger partial charge in [0.1, 0.15) is 0 Å². The second kappa shape index (κ2) is 5.12. The summed E-state index contributed by atoms with van der Waals surface area (Å²) in [6.45, 7) is 2.32. The zero-order valence-electron chi connectivity index (χ0n) is 9.32. The Kier molecular flexibility index (Phi) is 3.56. The molecule has 0 amide bonds. The number of hydrogen-bond donors (Lipinski definition) is 1. The number of pyridine rings is 1. The fourth-order valence-corrected chi connectivity index (χ4v) is 2.20. The van der Waals surface area contributed by atoms with Crippen molar-refractivity contribution in [3.05, 3.63) is 24.5 Å². The molecular formula is C12H19N3. The van der Waals surface area contributed by atoms with E-state index in [1.807, 2.05) is 12.4 Å². The summed E-state index contributed by atoms with van der Waals surface area (Å²) in [6.07, 6.45) is 7.54. The van der Waals surface area contributed by atoms with E-state index in [-0.39, 0.29) is 0 Å². The Morgan fingerprint density at radius 3 is 2.80 bits per heavy atom. The summed E-state index contributed by atoms with van der Waals surface area (Å²) in [7, 11) is 2.06. The monoisotopic (exact) mass is 205 g/mol. The summed E-state index contributed by atoms with van der Waals surface area (Å²) in [6, 6.07) is 4.89. The standard InChI is InChI=1S/C12H19N3/c1-13-11-3-2-9-15(10-6-11)12-4-7-14-8-5-12/h4-5,7-8,11,13H,2-3,6,9-10H2,1H3. The zero-order chi connectivity index (χ0) is 10.5. The predicted octanol–water partition coefficient (Wildman–Crippen LogP) is 1.66. The highest BCUT2D eigenvalue weighted by molar-refractivity contribution is 5.44. The molecule has 0 spiro atoms. The van der Waals surface area contributed by atoms with Crippen LogP contribution in [0.4, 0.5) is 5.69 Å². The number of anilines is 1. The molecule has 0 radical (unpaired) electrons. The highest BCUT2D eigenvalue weighted by Crippen LogP contribution is 2.18. The normalized spacial score (nSPS) is 22.5. The Hall–Kier alpha value is -1.09. The van der Waals surface area contributed by atoms with Crippen LogP contribution in [0.5, 0.6) is 0 Å². The van der Waals surface area contributed by atoms with E-state index >= 15 is 0 Å². The highest BCUT2D eigenvalue weighted by Gasteiger charge is 2.15. The molecule has 2 rings (SSSR count). The maximum atomic E-state index is 4.06. The van der Waals surface area contributed by atoms with Crippen molar-refractivity contribution in [2.75, 3.05) is 25.0 Å². The molecule has 0 bridgehead atoms. The summed E-state index contributed by atoms with van der Waals surface area (Å²) < 4.78 is 0. The first-order valence-electron chi connectivity index (χ1n) is 5.72. The lowest BCUT2D eigenvalue weighted by atomic mass is 10.1. The van der Waals surface area contributed by atoms with Crippen LogP contribution in [0.25, 0.3) is 0 Å². The van der Waals surface area contributed by atoms with E-state index in [1.54, 1.807) is 0 Å². The first-order chi connectivity index (χ1) is 7.40. The van der Waals surface area contributed by atoms with Crippen molar-refractivity contribution in [3.8, 4) is 0 Å². The minimum absolute atomic E-state index is 0.692.